The van der Waals surface area contributed by atoms with Crippen molar-refractivity contribution >= 4 is 17.3 Å². The van der Waals surface area contributed by atoms with Crippen molar-refractivity contribution in [1.29, 1.82) is 0 Å². The summed E-state index contributed by atoms with van der Waals surface area (Å²) in [6, 6.07) is 6.95. The van der Waals surface area contributed by atoms with Crippen LogP contribution in [0.25, 0.3) is 0 Å². The van der Waals surface area contributed by atoms with Gasteiger partial charge in [0.1, 0.15) is 5.75 Å². The summed E-state index contributed by atoms with van der Waals surface area (Å²) in [6.45, 7) is 11.1. The second-order valence-electron chi connectivity index (χ2n) is 6.65. The van der Waals surface area contributed by atoms with Gasteiger partial charge in [-0.3, -0.25) is 0 Å². The number of rotatable bonds is 2. The van der Waals surface area contributed by atoms with E-state index in [2.05, 4.69) is 44.0 Å². The maximum absolute atomic E-state index is 6.12. The van der Waals surface area contributed by atoms with Gasteiger partial charge in [0.05, 0.1) is 12.1 Å². The standard InChI is InChI=1S/C16H25ClN2O/c1-11-9-18-15(16(2,3)4)10-19(11)12-6-7-13(17)14(8-12)20-5/h6-8,11,15,18H,9-10H2,1-5H3. The van der Waals surface area contributed by atoms with Gasteiger partial charge in [0.15, 0.2) is 0 Å². The van der Waals surface area contributed by atoms with Gasteiger partial charge in [-0.15, -0.1) is 0 Å². The van der Waals surface area contributed by atoms with Gasteiger partial charge in [0, 0.05) is 36.9 Å². The minimum absolute atomic E-state index is 0.245. The third kappa shape index (κ3) is 3.21. The first-order valence-electron chi connectivity index (χ1n) is 7.16. The van der Waals surface area contributed by atoms with Crippen molar-refractivity contribution < 1.29 is 4.74 Å². The van der Waals surface area contributed by atoms with Gasteiger partial charge in [-0.25, -0.2) is 0 Å². The molecule has 4 heteroatoms. The molecule has 0 aliphatic carbocycles. The highest BCUT2D eigenvalue weighted by Crippen LogP contribution is 2.32. The first-order chi connectivity index (χ1) is 9.32. The number of hydrogen-bond acceptors (Lipinski definition) is 3. The molecule has 1 saturated heterocycles. The minimum Gasteiger partial charge on any atom is -0.495 e. The molecule has 0 radical (unpaired) electrons. The van der Waals surface area contributed by atoms with Crippen molar-refractivity contribution in [2.75, 3.05) is 25.1 Å². The van der Waals surface area contributed by atoms with Crippen LogP contribution in [0.5, 0.6) is 5.75 Å². The highest BCUT2D eigenvalue weighted by Gasteiger charge is 2.32. The number of piperazine rings is 1. The van der Waals surface area contributed by atoms with Gasteiger partial charge in [-0.2, -0.15) is 0 Å². The second kappa shape index (κ2) is 5.82. The lowest BCUT2D eigenvalue weighted by Gasteiger charge is -2.45. The number of ether oxygens (including phenoxy) is 1. The van der Waals surface area contributed by atoms with Crippen LogP contribution in [0.15, 0.2) is 18.2 Å². The molecule has 0 amide bonds. The van der Waals surface area contributed by atoms with E-state index < -0.39 is 0 Å². The molecule has 1 aromatic carbocycles. The normalized spacial score (nSPS) is 23.8. The molecule has 1 heterocycles. The summed E-state index contributed by atoms with van der Waals surface area (Å²) in [7, 11) is 1.66. The van der Waals surface area contributed by atoms with E-state index in [0.29, 0.717) is 17.1 Å². The largest absolute Gasteiger partial charge is 0.495 e. The fourth-order valence-electron chi connectivity index (χ4n) is 2.63. The predicted molar refractivity (Wildman–Crippen MR) is 86.1 cm³/mol. The Kier molecular flexibility index (Phi) is 4.50. The molecular weight excluding hydrogens is 272 g/mol. The summed E-state index contributed by atoms with van der Waals surface area (Å²) in [6.07, 6.45) is 0. The zero-order valence-electron chi connectivity index (χ0n) is 13.0. The zero-order chi connectivity index (χ0) is 14.9. The van der Waals surface area contributed by atoms with Crippen molar-refractivity contribution in [3.05, 3.63) is 23.2 Å². The van der Waals surface area contributed by atoms with Crippen molar-refractivity contribution in [1.82, 2.24) is 5.32 Å². The van der Waals surface area contributed by atoms with Crippen LogP contribution in [0.4, 0.5) is 5.69 Å². The fourth-order valence-corrected chi connectivity index (χ4v) is 2.83. The Morgan fingerprint density at radius 3 is 2.65 bits per heavy atom. The molecule has 0 bridgehead atoms. The third-order valence-electron chi connectivity index (χ3n) is 4.08. The van der Waals surface area contributed by atoms with Gasteiger partial charge >= 0.3 is 0 Å². The molecule has 112 valence electrons. The van der Waals surface area contributed by atoms with Gasteiger partial charge in [0.2, 0.25) is 0 Å². The van der Waals surface area contributed by atoms with Crippen LogP contribution in [-0.2, 0) is 0 Å². The maximum Gasteiger partial charge on any atom is 0.139 e. The van der Waals surface area contributed by atoms with E-state index in [-0.39, 0.29) is 5.41 Å². The summed E-state index contributed by atoms with van der Waals surface area (Å²) in [4.78, 5) is 2.44. The molecule has 2 rings (SSSR count). The number of nitrogens with one attached hydrogen (secondary N) is 1. The average molecular weight is 297 g/mol. The van der Waals surface area contributed by atoms with Gasteiger partial charge < -0.3 is 15.0 Å². The smallest absolute Gasteiger partial charge is 0.139 e. The highest BCUT2D eigenvalue weighted by molar-refractivity contribution is 6.32. The molecule has 1 aliphatic rings. The maximum atomic E-state index is 6.12. The summed E-state index contributed by atoms with van der Waals surface area (Å²) in [5.41, 5.74) is 1.42. The Balaban J connectivity index is 2.25. The molecule has 2 atom stereocenters. The number of benzene rings is 1. The van der Waals surface area contributed by atoms with Gasteiger partial charge in [-0.05, 0) is 24.5 Å². The van der Waals surface area contributed by atoms with E-state index in [0.717, 1.165) is 18.8 Å². The van der Waals surface area contributed by atoms with E-state index in [4.69, 9.17) is 16.3 Å². The third-order valence-corrected chi connectivity index (χ3v) is 4.39. The average Bonchev–Trinajstić information content (AvgIpc) is 2.39. The van der Waals surface area contributed by atoms with E-state index >= 15 is 0 Å². The van der Waals surface area contributed by atoms with Crippen LogP contribution in [0.1, 0.15) is 27.7 Å². The van der Waals surface area contributed by atoms with Gasteiger partial charge in [0.25, 0.3) is 0 Å². The Labute approximate surface area is 127 Å². The lowest BCUT2D eigenvalue weighted by atomic mass is 9.84. The first kappa shape index (κ1) is 15.5. The summed E-state index contributed by atoms with van der Waals surface area (Å²) in [5, 5.41) is 4.31. The van der Waals surface area contributed by atoms with Crippen molar-refractivity contribution in [2.45, 2.75) is 39.8 Å². The number of methoxy groups -OCH3 is 1. The van der Waals surface area contributed by atoms with Crippen LogP contribution in [0.2, 0.25) is 5.02 Å². The van der Waals surface area contributed by atoms with E-state index in [1.807, 2.05) is 12.1 Å². The molecular formula is C16H25ClN2O. The van der Waals surface area contributed by atoms with Crippen molar-refractivity contribution in [3.63, 3.8) is 0 Å². The SMILES string of the molecule is COc1cc(N2CC(C(C)(C)C)NCC2C)ccc1Cl. The monoisotopic (exact) mass is 296 g/mol. The molecule has 1 fully saturated rings. The minimum atomic E-state index is 0.245. The van der Waals surface area contributed by atoms with Crippen molar-refractivity contribution in [3.8, 4) is 5.75 Å². The Hall–Kier alpha value is -0.930. The predicted octanol–water partition coefficient (Wildman–Crippen LogP) is 3.56. The molecule has 0 saturated carbocycles. The number of nitrogens with zero attached hydrogens (tertiary/aromatic N) is 1. The lowest BCUT2D eigenvalue weighted by molar-refractivity contribution is 0.239. The topological polar surface area (TPSA) is 24.5 Å². The first-order valence-corrected chi connectivity index (χ1v) is 7.54. The molecule has 0 aromatic heterocycles. The van der Waals surface area contributed by atoms with Crippen molar-refractivity contribution in [2.24, 2.45) is 5.41 Å². The Bertz CT molecular complexity index is 470. The molecule has 0 spiro atoms. The van der Waals surface area contributed by atoms with E-state index in [1.54, 1.807) is 7.11 Å². The highest BCUT2D eigenvalue weighted by atomic mass is 35.5. The van der Waals surface area contributed by atoms with Crippen LogP contribution in [-0.4, -0.2) is 32.3 Å². The lowest BCUT2D eigenvalue weighted by Crippen LogP contribution is -2.59. The van der Waals surface area contributed by atoms with Crippen LogP contribution < -0.4 is 15.0 Å². The van der Waals surface area contributed by atoms with E-state index in [1.165, 1.54) is 5.69 Å². The van der Waals surface area contributed by atoms with Crippen LogP contribution in [0.3, 0.4) is 0 Å². The number of hydrogen-bond donors (Lipinski definition) is 1. The molecule has 20 heavy (non-hydrogen) atoms. The Morgan fingerprint density at radius 1 is 1.35 bits per heavy atom. The Morgan fingerprint density at radius 2 is 2.05 bits per heavy atom. The molecule has 1 aliphatic heterocycles. The van der Waals surface area contributed by atoms with Gasteiger partial charge in [-0.1, -0.05) is 32.4 Å². The summed E-state index contributed by atoms with van der Waals surface area (Å²) < 4.78 is 5.33. The number of anilines is 1. The summed E-state index contributed by atoms with van der Waals surface area (Å²) in [5.74, 6) is 0.738. The number of halogens is 1. The molecule has 2 unspecified atom stereocenters. The van der Waals surface area contributed by atoms with E-state index in [9.17, 15) is 0 Å². The quantitative estimate of drug-likeness (QED) is 0.903. The molecule has 3 nitrogen and oxygen atoms in total. The second-order valence-corrected chi connectivity index (χ2v) is 7.05. The molecule has 1 N–H and O–H groups in total. The van der Waals surface area contributed by atoms with Crippen LogP contribution >= 0.6 is 11.6 Å². The van der Waals surface area contributed by atoms with Crippen LogP contribution in [0, 0.1) is 5.41 Å². The zero-order valence-corrected chi connectivity index (χ0v) is 13.8. The molecule has 1 aromatic rings. The fraction of sp³-hybridized carbons (Fsp3) is 0.625. The summed E-state index contributed by atoms with van der Waals surface area (Å²) >= 11 is 6.12.